The molecular weight excluding hydrogens is 537 g/mol. The molecule has 0 heterocycles. The van der Waals surface area contributed by atoms with Crippen LogP contribution < -0.4 is 0 Å². The Hall–Kier alpha value is -2.40. The highest BCUT2D eigenvalue weighted by atomic mass is 32.2. The van der Waals surface area contributed by atoms with E-state index in [0.29, 0.717) is 33.1 Å². The molecule has 2 aromatic carbocycles. The van der Waals surface area contributed by atoms with Gasteiger partial charge in [0.05, 0.1) is 37.6 Å². The molecule has 0 saturated carbocycles. The molecule has 0 unspecified atom stereocenters. The standard InChI is InChI=1S/C26H28O6S4/c1-5-29-23(27)19-13-11-17(21(15-19)35-25(33)31-7-3)9-10-18-12-14-20(24(28)30-6-2)16-22(18)36-26(34)32-8-4/h9-16H,5-8H2,1-4H3. The van der Waals surface area contributed by atoms with Crippen LogP contribution in [-0.2, 0) is 18.9 Å². The van der Waals surface area contributed by atoms with Gasteiger partial charge in [-0.15, -0.1) is 0 Å². The minimum atomic E-state index is -0.408. The molecule has 0 aliphatic carbocycles. The summed E-state index contributed by atoms with van der Waals surface area (Å²) in [5, 5.41) is 0. The third kappa shape index (κ3) is 9.24. The van der Waals surface area contributed by atoms with Crippen LogP contribution in [0.25, 0.3) is 12.2 Å². The van der Waals surface area contributed by atoms with Crippen LogP contribution in [0.15, 0.2) is 46.2 Å². The number of esters is 2. The van der Waals surface area contributed by atoms with Crippen molar-refractivity contribution in [1.82, 2.24) is 0 Å². The Morgan fingerprint density at radius 1 is 0.667 bits per heavy atom. The zero-order valence-electron chi connectivity index (χ0n) is 20.5. The summed E-state index contributed by atoms with van der Waals surface area (Å²) in [4.78, 5) is 26.0. The fourth-order valence-corrected chi connectivity index (χ4v) is 5.22. The number of rotatable bonds is 10. The molecule has 0 aliphatic heterocycles. The zero-order valence-corrected chi connectivity index (χ0v) is 23.8. The third-order valence-corrected chi connectivity index (χ3v) is 6.85. The predicted octanol–water partition coefficient (Wildman–Crippen LogP) is 7.04. The van der Waals surface area contributed by atoms with E-state index in [1.807, 2.05) is 38.1 Å². The molecule has 0 saturated heterocycles. The molecule has 0 bridgehead atoms. The van der Waals surface area contributed by atoms with E-state index >= 15 is 0 Å². The molecule has 10 heteroatoms. The van der Waals surface area contributed by atoms with Crippen LogP contribution in [0.4, 0.5) is 0 Å². The fraction of sp³-hybridized carbons (Fsp3) is 0.308. The van der Waals surface area contributed by atoms with Gasteiger partial charge in [0.2, 0.25) is 8.77 Å². The van der Waals surface area contributed by atoms with Crippen molar-refractivity contribution < 1.29 is 28.5 Å². The minimum absolute atomic E-state index is 0.284. The Morgan fingerprint density at radius 2 is 1.03 bits per heavy atom. The number of ether oxygens (including phenoxy) is 4. The third-order valence-electron chi connectivity index (χ3n) is 4.40. The molecule has 0 spiro atoms. The van der Waals surface area contributed by atoms with Crippen molar-refractivity contribution in [2.24, 2.45) is 0 Å². The lowest BCUT2D eigenvalue weighted by molar-refractivity contribution is 0.0516. The van der Waals surface area contributed by atoms with Crippen LogP contribution in [0.3, 0.4) is 0 Å². The van der Waals surface area contributed by atoms with Crippen molar-refractivity contribution in [3.05, 3.63) is 58.7 Å². The van der Waals surface area contributed by atoms with Crippen LogP contribution in [-0.4, -0.2) is 47.1 Å². The Morgan fingerprint density at radius 3 is 1.36 bits per heavy atom. The Balaban J connectivity index is 2.46. The number of hydrogen-bond donors (Lipinski definition) is 0. The summed E-state index contributed by atoms with van der Waals surface area (Å²) in [6, 6.07) is 10.5. The van der Waals surface area contributed by atoms with E-state index < -0.39 is 11.9 Å². The van der Waals surface area contributed by atoms with Gasteiger partial charge in [0.25, 0.3) is 0 Å². The Bertz CT molecular complexity index is 1040. The summed E-state index contributed by atoms with van der Waals surface area (Å²) in [6.45, 7) is 8.69. The molecule has 2 rings (SSSR count). The van der Waals surface area contributed by atoms with Gasteiger partial charge in [-0.2, -0.15) is 0 Å². The lowest BCUT2D eigenvalue weighted by Gasteiger charge is -2.11. The summed E-state index contributed by atoms with van der Waals surface area (Å²) in [6.07, 6.45) is 3.80. The van der Waals surface area contributed by atoms with Crippen LogP contribution in [0.1, 0.15) is 59.5 Å². The lowest BCUT2D eigenvalue weighted by atomic mass is 10.1. The molecule has 2 aromatic rings. The molecule has 0 atom stereocenters. The second-order valence-corrected chi connectivity index (χ2v) is 10.1. The molecule has 0 amide bonds. The second-order valence-electron chi connectivity index (χ2n) is 6.85. The molecule has 0 N–H and O–H groups in total. The van der Waals surface area contributed by atoms with Gasteiger partial charge in [0.15, 0.2) is 0 Å². The normalized spacial score (nSPS) is 10.7. The minimum Gasteiger partial charge on any atom is -0.479 e. The van der Waals surface area contributed by atoms with Crippen LogP contribution in [0.2, 0.25) is 0 Å². The number of carbonyl (C=O) groups excluding carboxylic acids is 2. The Labute approximate surface area is 231 Å². The van der Waals surface area contributed by atoms with E-state index in [2.05, 4.69) is 0 Å². The number of hydrogen-bond acceptors (Lipinski definition) is 10. The van der Waals surface area contributed by atoms with Crippen molar-refractivity contribution in [1.29, 1.82) is 0 Å². The molecule has 0 fully saturated rings. The largest absolute Gasteiger partial charge is 0.479 e. The van der Waals surface area contributed by atoms with E-state index in [1.165, 1.54) is 23.5 Å². The summed E-state index contributed by atoms with van der Waals surface area (Å²) in [5.41, 5.74) is 2.50. The van der Waals surface area contributed by atoms with Crippen molar-refractivity contribution >= 4 is 80.8 Å². The van der Waals surface area contributed by atoms with E-state index in [1.54, 1.807) is 38.1 Å². The number of thiocarbonyl (C=S) groups is 2. The highest BCUT2D eigenvalue weighted by molar-refractivity contribution is 8.23. The molecule has 6 nitrogen and oxygen atoms in total. The molecule has 0 radical (unpaired) electrons. The topological polar surface area (TPSA) is 71.1 Å². The summed E-state index contributed by atoms with van der Waals surface area (Å²) in [5.74, 6) is -0.815. The fourth-order valence-electron chi connectivity index (χ4n) is 2.86. The van der Waals surface area contributed by atoms with Crippen LogP contribution in [0, 0.1) is 0 Å². The first-order valence-electron chi connectivity index (χ1n) is 11.3. The predicted molar refractivity (Wildman–Crippen MR) is 154 cm³/mol. The van der Waals surface area contributed by atoms with Crippen molar-refractivity contribution in [2.45, 2.75) is 37.5 Å². The quantitative estimate of drug-likeness (QED) is 0.130. The van der Waals surface area contributed by atoms with Gasteiger partial charge >= 0.3 is 11.9 Å². The second kappa shape index (κ2) is 15.7. The first-order valence-corrected chi connectivity index (χ1v) is 13.8. The van der Waals surface area contributed by atoms with Gasteiger partial charge in [-0.3, -0.25) is 0 Å². The summed E-state index contributed by atoms with van der Waals surface area (Å²) in [7, 11) is 0. The smallest absolute Gasteiger partial charge is 0.338 e. The zero-order chi connectivity index (χ0) is 26.5. The first kappa shape index (κ1) is 29.8. The highest BCUT2D eigenvalue weighted by Gasteiger charge is 2.14. The SMILES string of the molecule is CCOC(=O)c1ccc(C=Cc2ccc(C(=O)OCC)cc2SC(=S)OCC)c(SC(=S)OCC)c1. The molecule has 0 aromatic heterocycles. The number of thioether (sulfide) groups is 2. The van der Waals surface area contributed by atoms with Gasteiger partial charge < -0.3 is 18.9 Å². The van der Waals surface area contributed by atoms with Gasteiger partial charge in [-0.25, -0.2) is 9.59 Å². The van der Waals surface area contributed by atoms with Gasteiger partial charge in [-0.05, 0) is 111 Å². The maximum atomic E-state index is 12.3. The maximum absolute atomic E-state index is 12.3. The summed E-state index contributed by atoms with van der Waals surface area (Å²) < 4.78 is 21.8. The molecular formula is C26H28O6S4. The van der Waals surface area contributed by atoms with Crippen molar-refractivity contribution in [3.8, 4) is 0 Å². The highest BCUT2D eigenvalue weighted by Crippen LogP contribution is 2.31. The van der Waals surface area contributed by atoms with E-state index in [4.69, 9.17) is 43.4 Å². The van der Waals surface area contributed by atoms with E-state index in [0.717, 1.165) is 20.9 Å². The average Bonchev–Trinajstić information content (AvgIpc) is 2.84. The lowest BCUT2D eigenvalue weighted by Crippen LogP contribution is -2.05. The summed E-state index contributed by atoms with van der Waals surface area (Å²) >= 11 is 13.1. The number of carbonyl (C=O) groups is 2. The Kier molecular flexibility index (Phi) is 13.0. The van der Waals surface area contributed by atoms with Gasteiger partial charge in [0, 0.05) is 9.79 Å². The molecule has 192 valence electrons. The molecule has 36 heavy (non-hydrogen) atoms. The van der Waals surface area contributed by atoms with Gasteiger partial charge in [0.1, 0.15) is 0 Å². The number of benzene rings is 2. The van der Waals surface area contributed by atoms with Crippen LogP contribution in [0.5, 0.6) is 0 Å². The first-order chi connectivity index (χ1) is 17.3. The average molecular weight is 565 g/mol. The molecule has 0 aliphatic rings. The monoisotopic (exact) mass is 564 g/mol. The van der Waals surface area contributed by atoms with Crippen LogP contribution >= 0.6 is 48.0 Å². The van der Waals surface area contributed by atoms with Crippen molar-refractivity contribution in [2.75, 3.05) is 26.4 Å². The maximum Gasteiger partial charge on any atom is 0.338 e. The van der Waals surface area contributed by atoms with Crippen molar-refractivity contribution in [3.63, 3.8) is 0 Å². The van der Waals surface area contributed by atoms with E-state index in [9.17, 15) is 9.59 Å². The van der Waals surface area contributed by atoms with E-state index in [-0.39, 0.29) is 13.2 Å². The van der Waals surface area contributed by atoms with Gasteiger partial charge in [-0.1, -0.05) is 24.3 Å².